The highest BCUT2D eigenvalue weighted by atomic mass is 79.9. The van der Waals surface area contributed by atoms with E-state index in [4.69, 9.17) is 11.6 Å². The summed E-state index contributed by atoms with van der Waals surface area (Å²) in [5, 5.41) is 3.36. The number of unbranched alkanes of at least 4 members (excludes halogenated alkanes) is 1. The van der Waals surface area contributed by atoms with Crippen LogP contribution in [0.1, 0.15) is 38.7 Å². The maximum absolute atomic E-state index is 13.6. The van der Waals surface area contributed by atoms with Crippen molar-refractivity contribution in [2.75, 3.05) is 23.7 Å². The van der Waals surface area contributed by atoms with Crippen molar-refractivity contribution in [3.05, 3.63) is 63.6 Å². The molecule has 2 rings (SSSR count). The third-order valence-electron chi connectivity index (χ3n) is 5.29. The van der Waals surface area contributed by atoms with Crippen LogP contribution in [0, 0.1) is 0 Å². The van der Waals surface area contributed by atoms with E-state index < -0.39 is 28.5 Å². The molecule has 186 valence electrons. The molecule has 0 aliphatic rings. The lowest BCUT2D eigenvalue weighted by molar-refractivity contribution is -0.140. The maximum atomic E-state index is 13.6. The number of benzene rings is 2. The molecule has 0 saturated carbocycles. The quantitative estimate of drug-likeness (QED) is 0.377. The number of hydrogen-bond donors (Lipinski definition) is 1. The van der Waals surface area contributed by atoms with Crippen LogP contribution < -0.4 is 9.62 Å². The summed E-state index contributed by atoms with van der Waals surface area (Å²) in [6, 6.07) is 13.0. The Balaban J connectivity index is 2.41. The molecule has 1 atom stereocenters. The summed E-state index contributed by atoms with van der Waals surface area (Å²) in [5.74, 6) is -0.771. The Kier molecular flexibility index (Phi) is 10.9. The second kappa shape index (κ2) is 13.1. The molecule has 1 unspecified atom stereocenters. The Morgan fingerprint density at radius 1 is 1.12 bits per heavy atom. The van der Waals surface area contributed by atoms with Crippen molar-refractivity contribution in [1.29, 1.82) is 0 Å². The van der Waals surface area contributed by atoms with Crippen LogP contribution in [0.25, 0.3) is 0 Å². The number of amides is 2. The van der Waals surface area contributed by atoms with E-state index in [1.165, 1.54) is 4.90 Å². The zero-order chi connectivity index (χ0) is 25.3. The number of hydrogen-bond acceptors (Lipinski definition) is 4. The van der Waals surface area contributed by atoms with Crippen LogP contribution in [0.4, 0.5) is 5.69 Å². The van der Waals surface area contributed by atoms with E-state index in [2.05, 4.69) is 21.2 Å². The van der Waals surface area contributed by atoms with Gasteiger partial charge in [-0.3, -0.25) is 13.9 Å². The molecule has 1 N–H and O–H groups in total. The molecule has 7 nitrogen and oxygen atoms in total. The summed E-state index contributed by atoms with van der Waals surface area (Å²) >= 11 is 9.69. The Morgan fingerprint density at radius 3 is 2.41 bits per heavy atom. The molecular weight excluding hydrogens is 542 g/mol. The molecule has 0 aliphatic heterocycles. The van der Waals surface area contributed by atoms with Gasteiger partial charge in [-0.25, -0.2) is 8.42 Å². The molecule has 0 radical (unpaired) electrons. The first kappa shape index (κ1) is 28.1. The first-order valence-corrected chi connectivity index (χ1v) is 14.1. The van der Waals surface area contributed by atoms with Crippen molar-refractivity contribution < 1.29 is 18.0 Å². The molecule has 0 fully saturated rings. The summed E-state index contributed by atoms with van der Waals surface area (Å²) in [6.07, 6.45) is 3.17. The van der Waals surface area contributed by atoms with Crippen molar-refractivity contribution in [1.82, 2.24) is 10.2 Å². The molecule has 2 amide bonds. The van der Waals surface area contributed by atoms with E-state index in [0.29, 0.717) is 33.7 Å². The van der Waals surface area contributed by atoms with Gasteiger partial charge in [-0.1, -0.05) is 72.1 Å². The standard InChI is InChI=1S/C24H31BrClN3O4S/c1-4-6-14-27-24(31)22(5-2)28(16-18-10-7-8-13-21(18)26)23(30)17-29(34(3,32)33)20-12-9-11-19(25)15-20/h7-13,15,22H,4-6,14,16-17H2,1-3H3,(H,27,31). The highest BCUT2D eigenvalue weighted by Gasteiger charge is 2.32. The van der Waals surface area contributed by atoms with Gasteiger partial charge in [-0.15, -0.1) is 0 Å². The van der Waals surface area contributed by atoms with Crippen molar-refractivity contribution in [3.8, 4) is 0 Å². The lowest BCUT2D eigenvalue weighted by Gasteiger charge is -2.33. The van der Waals surface area contributed by atoms with Crippen LogP contribution in [0.15, 0.2) is 53.0 Å². The Hall–Kier alpha value is -2.10. The Bertz CT molecular complexity index is 1100. The predicted molar refractivity (Wildman–Crippen MR) is 140 cm³/mol. The Morgan fingerprint density at radius 2 is 1.82 bits per heavy atom. The van der Waals surface area contributed by atoms with Gasteiger partial charge in [0.05, 0.1) is 11.9 Å². The van der Waals surface area contributed by atoms with Gasteiger partial charge in [0, 0.05) is 22.6 Å². The third kappa shape index (κ3) is 7.99. The van der Waals surface area contributed by atoms with E-state index in [1.54, 1.807) is 48.5 Å². The van der Waals surface area contributed by atoms with Crippen LogP contribution in [-0.4, -0.2) is 50.5 Å². The molecule has 0 aliphatic carbocycles. The fraction of sp³-hybridized carbons (Fsp3) is 0.417. The van der Waals surface area contributed by atoms with Crippen molar-refractivity contribution in [2.45, 2.75) is 45.7 Å². The number of anilines is 1. The number of halogens is 2. The summed E-state index contributed by atoms with van der Waals surface area (Å²) in [6.45, 7) is 3.98. The van der Waals surface area contributed by atoms with Crippen LogP contribution in [0.5, 0.6) is 0 Å². The minimum Gasteiger partial charge on any atom is -0.354 e. The van der Waals surface area contributed by atoms with Crippen LogP contribution in [0.3, 0.4) is 0 Å². The van der Waals surface area contributed by atoms with Crippen molar-refractivity contribution >= 4 is 55.1 Å². The van der Waals surface area contributed by atoms with Gasteiger partial charge < -0.3 is 10.2 Å². The average molecular weight is 573 g/mol. The molecule has 0 spiro atoms. The number of rotatable bonds is 12. The monoisotopic (exact) mass is 571 g/mol. The molecular formula is C24H31BrClN3O4S. The fourth-order valence-corrected chi connectivity index (χ4v) is 4.90. The zero-order valence-corrected chi connectivity index (χ0v) is 22.8. The zero-order valence-electron chi connectivity index (χ0n) is 19.6. The number of sulfonamides is 1. The minimum atomic E-state index is -3.78. The van der Waals surface area contributed by atoms with E-state index in [1.807, 2.05) is 13.8 Å². The molecule has 2 aromatic carbocycles. The lowest BCUT2D eigenvalue weighted by atomic mass is 10.1. The number of carbonyl (C=O) groups is 2. The first-order chi connectivity index (χ1) is 16.1. The van der Waals surface area contributed by atoms with Gasteiger partial charge in [0.1, 0.15) is 12.6 Å². The van der Waals surface area contributed by atoms with Crippen LogP contribution in [-0.2, 0) is 26.2 Å². The normalized spacial score (nSPS) is 12.1. The number of nitrogens with zero attached hydrogens (tertiary/aromatic N) is 2. The number of nitrogens with one attached hydrogen (secondary N) is 1. The van der Waals surface area contributed by atoms with E-state index in [9.17, 15) is 18.0 Å². The highest BCUT2D eigenvalue weighted by molar-refractivity contribution is 9.10. The maximum Gasteiger partial charge on any atom is 0.244 e. The topological polar surface area (TPSA) is 86.8 Å². The summed E-state index contributed by atoms with van der Waals surface area (Å²) < 4.78 is 26.9. The third-order valence-corrected chi connectivity index (χ3v) is 7.29. The summed E-state index contributed by atoms with van der Waals surface area (Å²) in [7, 11) is -3.78. The van der Waals surface area contributed by atoms with E-state index in [0.717, 1.165) is 23.4 Å². The van der Waals surface area contributed by atoms with Crippen molar-refractivity contribution in [3.63, 3.8) is 0 Å². The molecule has 0 heterocycles. The average Bonchev–Trinajstić information content (AvgIpc) is 2.77. The van der Waals surface area contributed by atoms with Gasteiger partial charge >= 0.3 is 0 Å². The number of carbonyl (C=O) groups excluding carboxylic acids is 2. The Labute approximate surface area is 215 Å². The van der Waals surface area contributed by atoms with E-state index >= 15 is 0 Å². The molecule has 0 bridgehead atoms. The molecule has 2 aromatic rings. The van der Waals surface area contributed by atoms with Gasteiger partial charge in [-0.2, -0.15) is 0 Å². The van der Waals surface area contributed by atoms with Crippen molar-refractivity contribution in [2.24, 2.45) is 0 Å². The SMILES string of the molecule is CCCCNC(=O)C(CC)N(Cc1ccccc1Cl)C(=O)CN(c1cccc(Br)c1)S(C)(=O)=O. The van der Waals surface area contributed by atoms with Crippen LogP contribution in [0.2, 0.25) is 5.02 Å². The molecule has 34 heavy (non-hydrogen) atoms. The summed E-state index contributed by atoms with van der Waals surface area (Å²) in [4.78, 5) is 28.0. The fourth-order valence-electron chi connectivity index (χ4n) is 3.48. The van der Waals surface area contributed by atoms with Gasteiger partial charge in [0.2, 0.25) is 21.8 Å². The van der Waals surface area contributed by atoms with E-state index in [-0.39, 0.29) is 12.5 Å². The highest BCUT2D eigenvalue weighted by Crippen LogP contribution is 2.24. The van der Waals surface area contributed by atoms with Crippen LogP contribution >= 0.6 is 27.5 Å². The van der Waals surface area contributed by atoms with Gasteiger partial charge in [0.25, 0.3) is 0 Å². The molecule has 0 saturated heterocycles. The second-order valence-corrected chi connectivity index (χ2v) is 11.2. The largest absolute Gasteiger partial charge is 0.354 e. The summed E-state index contributed by atoms with van der Waals surface area (Å²) in [5.41, 5.74) is 1.02. The van der Waals surface area contributed by atoms with Gasteiger partial charge in [0.15, 0.2) is 0 Å². The smallest absolute Gasteiger partial charge is 0.244 e. The minimum absolute atomic E-state index is 0.0777. The van der Waals surface area contributed by atoms with Gasteiger partial charge in [-0.05, 0) is 42.7 Å². The molecule has 0 aromatic heterocycles. The lowest BCUT2D eigenvalue weighted by Crippen LogP contribution is -2.52. The second-order valence-electron chi connectivity index (χ2n) is 7.93. The molecule has 10 heteroatoms. The first-order valence-electron chi connectivity index (χ1n) is 11.1. The predicted octanol–water partition coefficient (Wildman–Crippen LogP) is 4.59.